The van der Waals surface area contributed by atoms with E-state index in [0.29, 0.717) is 6.42 Å². The number of benzene rings is 1. The van der Waals surface area contributed by atoms with Crippen molar-refractivity contribution in [3.05, 3.63) is 28.8 Å². The van der Waals surface area contributed by atoms with Crippen molar-refractivity contribution in [1.82, 2.24) is 4.90 Å². The zero-order valence-corrected chi connectivity index (χ0v) is 13.6. The molecule has 1 atom stereocenters. The topological polar surface area (TPSA) is 49.6 Å². The summed E-state index contributed by atoms with van der Waals surface area (Å²) in [6.07, 6.45) is 1.31. The SMILES string of the molecule is Cc1ccc(Cl)cc1N1CCN(C(=O)CCC(C)N)CC1. The summed E-state index contributed by atoms with van der Waals surface area (Å²) in [6.45, 7) is 7.27. The Kier molecular flexibility index (Phi) is 5.48. The normalized spacial score (nSPS) is 17.0. The number of carbonyl (C=O) groups excluding carboxylic acids is 1. The minimum Gasteiger partial charge on any atom is -0.368 e. The van der Waals surface area contributed by atoms with E-state index in [0.717, 1.165) is 37.6 Å². The number of hydrogen-bond donors (Lipinski definition) is 1. The van der Waals surface area contributed by atoms with Gasteiger partial charge in [0, 0.05) is 49.4 Å². The molecule has 1 amide bonds. The van der Waals surface area contributed by atoms with Crippen molar-refractivity contribution in [2.75, 3.05) is 31.1 Å². The van der Waals surface area contributed by atoms with E-state index < -0.39 is 0 Å². The number of halogens is 1. The van der Waals surface area contributed by atoms with Gasteiger partial charge in [-0.1, -0.05) is 17.7 Å². The lowest BCUT2D eigenvalue weighted by atomic mass is 10.1. The van der Waals surface area contributed by atoms with Crippen LogP contribution in [0.15, 0.2) is 18.2 Å². The summed E-state index contributed by atoms with van der Waals surface area (Å²) in [5, 5.41) is 0.756. The molecule has 1 heterocycles. The van der Waals surface area contributed by atoms with Crippen molar-refractivity contribution < 1.29 is 4.79 Å². The van der Waals surface area contributed by atoms with Crippen LogP contribution in [0, 0.1) is 6.92 Å². The van der Waals surface area contributed by atoms with Crippen molar-refractivity contribution in [3.8, 4) is 0 Å². The number of nitrogens with two attached hydrogens (primary N) is 1. The molecule has 0 saturated carbocycles. The van der Waals surface area contributed by atoms with Crippen LogP contribution in [0.1, 0.15) is 25.3 Å². The molecule has 1 aromatic carbocycles. The van der Waals surface area contributed by atoms with Crippen molar-refractivity contribution in [3.63, 3.8) is 0 Å². The Hall–Kier alpha value is -1.26. The Morgan fingerprint density at radius 1 is 1.33 bits per heavy atom. The van der Waals surface area contributed by atoms with Gasteiger partial charge in [-0.25, -0.2) is 0 Å². The molecule has 4 nitrogen and oxygen atoms in total. The molecule has 116 valence electrons. The Bertz CT molecular complexity index is 496. The van der Waals surface area contributed by atoms with Gasteiger partial charge >= 0.3 is 0 Å². The fraction of sp³-hybridized carbons (Fsp3) is 0.562. The van der Waals surface area contributed by atoms with Crippen LogP contribution in [-0.4, -0.2) is 43.0 Å². The Balaban J connectivity index is 1.91. The first-order chi connectivity index (χ1) is 9.97. The fourth-order valence-electron chi connectivity index (χ4n) is 2.63. The molecule has 21 heavy (non-hydrogen) atoms. The second-order valence-electron chi connectivity index (χ2n) is 5.81. The third-order valence-corrected chi connectivity index (χ3v) is 4.19. The lowest BCUT2D eigenvalue weighted by Gasteiger charge is -2.37. The van der Waals surface area contributed by atoms with E-state index in [1.807, 2.05) is 30.0 Å². The van der Waals surface area contributed by atoms with Gasteiger partial charge in [0.2, 0.25) is 5.91 Å². The van der Waals surface area contributed by atoms with Crippen LogP contribution >= 0.6 is 11.6 Å². The van der Waals surface area contributed by atoms with E-state index in [1.54, 1.807) is 0 Å². The van der Waals surface area contributed by atoms with Crippen LogP contribution in [0.3, 0.4) is 0 Å². The van der Waals surface area contributed by atoms with Gasteiger partial charge < -0.3 is 15.5 Å². The first-order valence-corrected chi connectivity index (χ1v) is 7.89. The summed E-state index contributed by atoms with van der Waals surface area (Å²) >= 11 is 6.08. The predicted octanol–water partition coefficient (Wildman–Crippen LogP) is 2.42. The molecule has 0 radical (unpaired) electrons. The maximum Gasteiger partial charge on any atom is 0.222 e. The number of aryl methyl sites for hydroxylation is 1. The second-order valence-corrected chi connectivity index (χ2v) is 6.25. The van der Waals surface area contributed by atoms with E-state index in [-0.39, 0.29) is 11.9 Å². The van der Waals surface area contributed by atoms with Gasteiger partial charge in [-0.2, -0.15) is 0 Å². The molecule has 2 rings (SSSR count). The lowest BCUT2D eigenvalue weighted by molar-refractivity contribution is -0.131. The molecular formula is C16H24ClN3O. The molecule has 1 aromatic rings. The van der Waals surface area contributed by atoms with Gasteiger partial charge in [-0.3, -0.25) is 4.79 Å². The largest absolute Gasteiger partial charge is 0.368 e. The number of anilines is 1. The molecular weight excluding hydrogens is 286 g/mol. The van der Waals surface area contributed by atoms with E-state index in [4.69, 9.17) is 17.3 Å². The zero-order valence-electron chi connectivity index (χ0n) is 12.8. The third kappa shape index (κ3) is 4.35. The van der Waals surface area contributed by atoms with Crippen LogP contribution in [0.2, 0.25) is 5.02 Å². The van der Waals surface area contributed by atoms with E-state index >= 15 is 0 Å². The van der Waals surface area contributed by atoms with E-state index in [9.17, 15) is 4.79 Å². The Labute approximate surface area is 131 Å². The smallest absolute Gasteiger partial charge is 0.222 e. The number of hydrogen-bond acceptors (Lipinski definition) is 3. The quantitative estimate of drug-likeness (QED) is 0.929. The highest BCUT2D eigenvalue weighted by molar-refractivity contribution is 6.30. The average Bonchev–Trinajstić information content (AvgIpc) is 2.47. The molecule has 0 spiro atoms. The summed E-state index contributed by atoms with van der Waals surface area (Å²) in [4.78, 5) is 16.3. The molecule has 0 aliphatic carbocycles. The molecule has 0 aromatic heterocycles. The van der Waals surface area contributed by atoms with Crippen LogP contribution in [0.4, 0.5) is 5.69 Å². The van der Waals surface area contributed by atoms with E-state index in [2.05, 4.69) is 11.8 Å². The molecule has 5 heteroatoms. The number of nitrogens with zero attached hydrogens (tertiary/aromatic N) is 2. The van der Waals surface area contributed by atoms with Gasteiger partial charge in [0.1, 0.15) is 0 Å². The van der Waals surface area contributed by atoms with E-state index in [1.165, 1.54) is 11.3 Å². The number of piperazine rings is 1. The summed E-state index contributed by atoms with van der Waals surface area (Å²) in [5.74, 6) is 0.217. The Morgan fingerprint density at radius 2 is 2.00 bits per heavy atom. The van der Waals surface area contributed by atoms with Gasteiger partial charge in [-0.05, 0) is 38.0 Å². The summed E-state index contributed by atoms with van der Waals surface area (Å²) in [5.41, 5.74) is 8.10. The molecule has 1 saturated heterocycles. The molecule has 1 unspecified atom stereocenters. The minimum atomic E-state index is 0.0874. The zero-order chi connectivity index (χ0) is 15.4. The third-order valence-electron chi connectivity index (χ3n) is 3.96. The van der Waals surface area contributed by atoms with Gasteiger partial charge in [-0.15, -0.1) is 0 Å². The fourth-order valence-corrected chi connectivity index (χ4v) is 2.80. The number of carbonyl (C=O) groups is 1. The van der Waals surface area contributed by atoms with Crippen molar-refractivity contribution in [1.29, 1.82) is 0 Å². The highest BCUT2D eigenvalue weighted by atomic mass is 35.5. The summed E-state index contributed by atoms with van der Waals surface area (Å²) in [6, 6.07) is 6.04. The summed E-state index contributed by atoms with van der Waals surface area (Å²) < 4.78 is 0. The van der Waals surface area contributed by atoms with Crippen molar-refractivity contribution >= 4 is 23.2 Å². The van der Waals surface area contributed by atoms with Gasteiger partial charge in [0.05, 0.1) is 0 Å². The highest BCUT2D eigenvalue weighted by Crippen LogP contribution is 2.25. The maximum atomic E-state index is 12.1. The molecule has 1 aliphatic rings. The first-order valence-electron chi connectivity index (χ1n) is 7.52. The van der Waals surface area contributed by atoms with Gasteiger partial charge in [0.15, 0.2) is 0 Å². The standard InChI is InChI=1S/C16H24ClN3O/c1-12-3-5-14(17)11-15(12)19-7-9-20(10-8-19)16(21)6-4-13(2)18/h3,5,11,13H,4,6-10,18H2,1-2H3. The van der Waals surface area contributed by atoms with Crippen LogP contribution < -0.4 is 10.6 Å². The second kappa shape index (κ2) is 7.14. The highest BCUT2D eigenvalue weighted by Gasteiger charge is 2.22. The predicted molar refractivity (Wildman–Crippen MR) is 87.9 cm³/mol. The maximum absolute atomic E-state index is 12.1. The first kappa shape index (κ1) is 16.1. The van der Waals surface area contributed by atoms with Crippen LogP contribution in [0.5, 0.6) is 0 Å². The van der Waals surface area contributed by atoms with Crippen molar-refractivity contribution in [2.45, 2.75) is 32.7 Å². The molecule has 0 bridgehead atoms. The molecule has 2 N–H and O–H groups in total. The number of amides is 1. The minimum absolute atomic E-state index is 0.0874. The molecule has 1 fully saturated rings. The Morgan fingerprint density at radius 3 is 2.62 bits per heavy atom. The molecule has 1 aliphatic heterocycles. The van der Waals surface area contributed by atoms with Crippen LogP contribution in [0.25, 0.3) is 0 Å². The summed E-state index contributed by atoms with van der Waals surface area (Å²) in [7, 11) is 0. The van der Waals surface area contributed by atoms with Crippen LogP contribution in [-0.2, 0) is 4.79 Å². The average molecular weight is 310 g/mol. The van der Waals surface area contributed by atoms with Crippen molar-refractivity contribution in [2.24, 2.45) is 5.73 Å². The van der Waals surface area contributed by atoms with Gasteiger partial charge in [0.25, 0.3) is 0 Å². The monoisotopic (exact) mass is 309 g/mol. The lowest BCUT2D eigenvalue weighted by Crippen LogP contribution is -2.49. The number of rotatable bonds is 4.